The van der Waals surface area contributed by atoms with Crippen LogP contribution in [0.1, 0.15) is 25.6 Å². The Kier molecular flexibility index (Phi) is 3.99. The molecule has 0 fully saturated rings. The molecule has 1 heterocycles. The molecule has 1 N–H and O–H groups in total. The van der Waals surface area contributed by atoms with Crippen LogP contribution in [0.5, 0.6) is 0 Å². The standard InChI is InChI=1S/C13H16N2O3S/c1-2-3-8-19(17,18)9-12-14-11-7-5-4-6-10(11)13(16)15-12/h4-7H,2-3,8-9H2,1H3,(H,14,15,16). The molecule has 102 valence electrons. The number of sulfone groups is 1. The van der Waals surface area contributed by atoms with Gasteiger partial charge in [-0.25, -0.2) is 13.4 Å². The maximum absolute atomic E-state index is 11.8. The van der Waals surface area contributed by atoms with E-state index in [0.29, 0.717) is 17.3 Å². The van der Waals surface area contributed by atoms with E-state index >= 15 is 0 Å². The van der Waals surface area contributed by atoms with Gasteiger partial charge in [0.05, 0.1) is 16.7 Å². The van der Waals surface area contributed by atoms with Gasteiger partial charge in [0.1, 0.15) is 11.6 Å². The first kappa shape index (κ1) is 13.7. The van der Waals surface area contributed by atoms with Crippen molar-refractivity contribution in [2.75, 3.05) is 5.75 Å². The average molecular weight is 280 g/mol. The number of aromatic amines is 1. The Balaban J connectivity index is 2.34. The lowest BCUT2D eigenvalue weighted by Crippen LogP contribution is -2.17. The van der Waals surface area contributed by atoms with Gasteiger partial charge in [-0.15, -0.1) is 0 Å². The molecule has 5 nitrogen and oxygen atoms in total. The number of H-pyrrole nitrogens is 1. The molecular weight excluding hydrogens is 264 g/mol. The molecule has 1 aromatic carbocycles. The Bertz CT molecular complexity index is 735. The average Bonchev–Trinajstić information content (AvgIpc) is 2.36. The fourth-order valence-electron chi connectivity index (χ4n) is 1.85. The van der Waals surface area contributed by atoms with Crippen LogP contribution in [-0.4, -0.2) is 24.1 Å². The predicted octanol–water partition coefficient (Wildman–Crippen LogP) is 1.64. The van der Waals surface area contributed by atoms with Gasteiger partial charge in [0, 0.05) is 0 Å². The van der Waals surface area contributed by atoms with E-state index in [2.05, 4.69) is 9.97 Å². The molecule has 1 aromatic heterocycles. The first-order chi connectivity index (χ1) is 9.02. The second-order valence-electron chi connectivity index (χ2n) is 4.48. The lowest BCUT2D eigenvalue weighted by Gasteiger charge is -2.04. The maximum Gasteiger partial charge on any atom is 0.258 e. The van der Waals surface area contributed by atoms with Crippen molar-refractivity contribution < 1.29 is 8.42 Å². The summed E-state index contributed by atoms with van der Waals surface area (Å²) >= 11 is 0. The van der Waals surface area contributed by atoms with Gasteiger partial charge < -0.3 is 4.98 Å². The lowest BCUT2D eigenvalue weighted by molar-refractivity contribution is 0.590. The number of benzene rings is 1. The second kappa shape index (κ2) is 5.52. The zero-order valence-electron chi connectivity index (χ0n) is 10.7. The van der Waals surface area contributed by atoms with Crippen molar-refractivity contribution in [3.63, 3.8) is 0 Å². The number of para-hydroxylation sites is 1. The van der Waals surface area contributed by atoms with Crippen molar-refractivity contribution >= 4 is 20.7 Å². The largest absolute Gasteiger partial charge is 0.309 e. The van der Waals surface area contributed by atoms with Crippen LogP contribution in [-0.2, 0) is 15.6 Å². The van der Waals surface area contributed by atoms with E-state index in [9.17, 15) is 13.2 Å². The Hall–Kier alpha value is -1.69. The third kappa shape index (κ3) is 3.41. The SMILES string of the molecule is CCCCS(=O)(=O)Cc1nc2ccccc2c(=O)[nH]1. The number of hydrogen-bond donors (Lipinski definition) is 1. The molecule has 0 radical (unpaired) electrons. The highest BCUT2D eigenvalue weighted by atomic mass is 32.2. The minimum atomic E-state index is -3.21. The lowest BCUT2D eigenvalue weighted by atomic mass is 10.2. The zero-order valence-corrected chi connectivity index (χ0v) is 11.5. The molecule has 0 spiro atoms. The minimum absolute atomic E-state index is 0.125. The van der Waals surface area contributed by atoms with Gasteiger partial charge in [-0.1, -0.05) is 25.5 Å². The van der Waals surface area contributed by atoms with Crippen LogP contribution in [0.15, 0.2) is 29.1 Å². The molecule has 0 saturated heterocycles. The van der Waals surface area contributed by atoms with Crippen LogP contribution in [0.2, 0.25) is 0 Å². The summed E-state index contributed by atoms with van der Waals surface area (Å²) in [6.45, 7) is 1.94. The second-order valence-corrected chi connectivity index (χ2v) is 6.66. The molecule has 0 atom stereocenters. The Morgan fingerprint density at radius 2 is 2.00 bits per heavy atom. The van der Waals surface area contributed by atoms with Crippen molar-refractivity contribution in [3.8, 4) is 0 Å². The number of nitrogens with one attached hydrogen (secondary N) is 1. The third-order valence-electron chi connectivity index (χ3n) is 2.83. The number of fused-ring (bicyclic) bond motifs is 1. The summed E-state index contributed by atoms with van der Waals surface area (Å²) in [5, 5.41) is 0.470. The first-order valence-corrected chi connectivity index (χ1v) is 8.02. The molecule has 2 aromatic rings. The summed E-state index contributed by atoms with van der Waals surface area (Å²) in [5.74, 6) is 0.118. The van der Waals surface area contributed by atoms with Gasteiger partial charge in [0.25, 0.3) is 5.56 Å². The molecule has 0 aliphatic heterocycles. The van der Waals surface area contributed by atoms with Gasteiger partial charge >= 0.3 is 0 Å². The Labute approximate surface area is 111 Å². The fraction of sp³-hybridized carbons (Fsp3) is 0.385. The van der Waals surface area contributed by atoms with Gasteiger partial charge in [-0.3, -0.25) is 4.79 Å². The van der Waals surface area contributed by atoms with Gasteiger partial charge in [0.2, 0.25) is 0 Å². The number of hydrogen-bond acceptors (Lipinski definition) is 4. The summed E-state index contributed by atoms with van der Waals surface area (Å²) in [6, 6.07) is 6.88. The predicted molar refractivity (Wildman–Crippen MR) is 74.8 cm³/mol. The van der Waals surface area contributed by atoms with E-state index < -0.39 is 9.84 Å². The highest BCUT2D eigenvalue weighted by molar-refractivity contribution is 7.90. The summed E-state index contributed by atoms with van der Waals surface area (Å²) in [6.07, 6.45) is 1.45. The van der Waals surface area contributed by atoms with E-state index in [1.807, 2.05) is 6.92 Å². The first-order valence-electron chi connectivity index (χ1n) is 6.20. The zero-order chi connectivity index (χ0) is 13.9. The van der Waals surface area contributed by atoms with Crippen molar-refractivity contribution in [1.29, 1.82) is 0 Å². The van der Waals surface area contributed by atoms with Gasteiger partial charge in [0.15, 0.2) is 9.84 Å². The highest BCUT2D eigenvalue weighted by Crippen LogP contribution is 2.08. The van der Waals surface area contributed by atoms with E-state index in [1.54, 1.807) is 24.3 Å². The van der Waals surface area contributed by atoms with E-state index in [1.165, 1.54) is 0 Å². The van der Waals surface area contributed by atoms with Gasteiger partial charge in [-0.05, 0) is 18.6 Å². The molecular formula is C13H16N2O3S. The smallest absolute Gasteiger partial charge is 0.258 e. The fourth-order valence-corrected chi connectivity index (χ4v) is 3.27. The molecule has 2 rings (SSSR count). The normalized spacial score (nSPS) is 11.8. The quantitative estimate of drug-likeness (QED) is 0.903. The van der Waals surface area contributed by atoms with Crippen LogP contribution in [0.3, 0.4) is 0 Å². The van der Waals surface area contributed by atoms with E-state index in [4.69, 9.17) is 0 Å². The van der Waals surface area contributed by atoms with Crippen molar-refractivity contribution in [3.05, 3.63) is 40.4 Å². The molecule has 0 aliphatic rings. The molecule has 0 amide bonds. The topological polar surface area (TPSA) is 79.9 Å². The molecule has 0 aliphatic carbocycles. The number of unbranched alkanes of at least 4 members (excludes halogenated alkanes) is 1. The van der Waals surface area contributed by atoms with Crippen LogP contribution in [0.25, 0.3) is 10.9 Å². The van der Waals surface area contributed by atoms with Crippen LogP contribution >= 0.6 is 0 Å². The van der Waals surface area contributed by atoms with Crippen molar-refractivity contribution in [2.24, 2.45) is 0 Å². The van der Waals surface area contributed by atoms with Crippen molar-refractivity contribution in [1.82, 2.24) is 9.97 Å². The Morgan fingerprint density at radius 3 is 2.74 bits per heavy atom. The summed E-state index contributed by atoms with van der Waals surface area (Å²) in [5.41, 5.74) is 0.221. The monoisotopic (exact) mass is 280 g/mol. The summed E-state index contributed by atoms with van der Waals surface area (Å²) < 4.78 is 23.7. The Morgan fingerprint density at radius 1 is 1.26 bits per heavy atom. The molecule has 19 heavy (non-hydrogen) atoms. The van der Waals surface area contributed by atoms with E-state index in [-0.39, 0.29) is 22.9 Å². The number of rotatable bonds is 5. The molecule has 6 heteroatoms. The third-order valence-corrected chi connectivity index (χ3v) is 4.45. The molecule has 0 bridgehead atoms. The number of nitrogens with zero attached hydrogens (tertiary/aromatic N) is 1. The van der Waals surface area contributed by atoms with Crippen LogP contribution < -0.4 is 5.56 Å². The van der Waals surface area contributed by atoms with Crippen LogP contribution in [0.4, 0.5) is 0 Å². The highest BCUT2D eigenvalue weighted by Gasteiger charge is 2.14. The maximum atomic E-state index is 11.8. The molecule has 0 unspecified atom stereocenters. The van der Waals surface area contributed by atoms with E-state index in [0.717, 1.165) is 6.42 Å². The molecule has 0 saturated carbocycles. The van der Waals surface area contributed by atoms with Crippen molar-refractivity contribution in [2.45, 2.75) is 25.5 Å². The summed E-state index contributed by atoms with van der Waals surface area (Å²) in [4.78, 5) is 18.5. The minimum Gasteiger partial charge on any atom is -0.309 e. The van der Waals surface area contributed by atoms with Gasteiger partial charge in [-0.2, -0.15) is 0 Å². The summed E-state index contributed by atoms with van der Waals surface area (Å²) in [7, 11) is -3.21. The van der Waals surface area contributed by atoms with Crippen LogP contribution in [0, 0.1) is 0 Å². The number of aromatic nitrogens is 2.